The van der Waals surface area contributed by atoms with E-state index < -0.39 is 0 Å². The van der Waals surface area contributed by atoms with E-state index in [-0.39, 0.29) is 0 Å². The minimum absolute atomic E-state index is 0.364. The Hall–Kier alpha value is -1.07. The van der Waals surface area contributed by atoms with Crippen LogP contribution in [0.3, 0.4) is 0 Å². The lowest BCUT2D eigenvalue weighted by molar-refractivity contribution is 0.405. The summed E-state index contributed by atoms with van der Waals surface area (Å²) in [7, 11) is 3.21. The van der Waals surface area contributed by atoms with Crippen LogP contribution < -0.4 is 14.8 Å². The molecule has 0 aromatic heterocycles. The minimum atomic E-state index is 0.364. The normalized spacial score (nSPS) is 18.1. The maximum atomic E-state index is 6.09. The maximum Gasteiger partial charge on any atom is 0.161 e. The van der Waals surface area contributed by atoms with Gasteiger partial charge in [0.2, 0.25) is 0 Å². The summed E-state index contributed by atoms with van der Waals surface area (Å²) in [6.45, 7) is 4.37. The molecule has 1 aromatic rings. The zero-order chi connectivity index (χ0) is 14.7. The van der Waals surface area contributed by atoms with Crippen molar-refractivity contribution < 1.29 is 9.47 Å². The largest absolute Gasteiger partial charge is 0.495 e. The molecule has 1 unspecified atom stereocenters. The van der Waals surface area contributed by atoms with Crippen molar-refractivity contribution in [3.63, 3.8) is 0 Å². The summed E-state index contributed by atoms with van der Waals surface area (Å²) in [5, 5.41) is 4.73. The third-order valence-corrected chi connectivity index (χ3v) is 4.44. The molecule has 4 nitrogen and oxygen atoms in total. The number of rotatable bonds is 4. The van der Waals surface area contributed by atoms with Gasteiger partial charge < -0.3 is 14.8 Å². The van der Waals surface area contributed by atoms with E-state index in [1.165, 1.54) is 0 Å². The molecule has 1 heterocycles. The molecule has 0 aliphatic carbocycles. The van der Waals surface area contributed by atoms with Crippen LogP contribution in [-0.2, 0) is 0 Å². The van der Waals surface area contributed by atoms with E-state index >= 15 is 0 Å². The van der Waals surface area contributed by atoms with Crippen molar-refractivity contribution in [3.05, 3.63) is 17.2 Å². The predicted octanol–water partition coefficient (Wildman–Crippen LogP) is 3.90. The van der Waals surface area contributed by atoms with Gasteiger partial charge in [-0.2, -0.15) is 0 Å². The first kappa shape index (κ1) is 15.3. The molecule has 0 amide bonds. The van der Waals surface area contributed by atoms with Gasteiger partial charge in [-0.3, -0.25) is 4.99 Å². The quantitative estimate of drug-likeness (QED) is 0.915. The van der Waals surface area contributed by atoms with Crippen LogP contribution in [0.4, 0.5) is 5.69 Å². The molecule has 110 valence electrons. The molecule has 0 spiro atoms. The van der Waals surface area contributed by atoms with E-state index in [9.17, 15) is 0 Å². The molecule has 20 heavy (non-hydrogen) atoms. The predicted molar refractivity (Wildman–Crippen MR) is 86.7 cm³/mol. The molecule has 0 fully saturated rings. The van der Waals surface area contributed by atoms with E-state index in [2.05, 4.69) is 24.2 Å². The molecule has 0 radical (unpaired) electrons. The van der Waals surface area contributed by atoms with Crippen molar-refractivity contribution in [1.29, 1.82) is 0 Å². The topological polar surface area (TPSA) is 42.8 Å². The molecular formula is C14H19ClN2O2S. The second kappa shape index (κ2) is 6.59. The Labute approximate surface area is 128 Å². The molecule has 1 atom stereocenters. The van der Waals surface area contributed by atoms with Crippen LogP contribution >= 0.6 is 23.4 Å². The maximum absolute atomic E-state index is 6.09. The van der Waals surface area contributed by atoms with E-state index in [1.807, 2.05) is 6.07 Å². The van der Waals surface area contributed by atoms with Crippen molar-refractivity contribution in [2.24, 2.45) is 10.9 Å². The molecule has 0 bridgehead atoms. The number of thioether (sulfide) groups is 1. The highest BCUT2D eigenvalue weighted by Gasteiger charge is 2.22. The van der Waals surface area contributed by atoms with Crippen LogP contribution in [0.5, 0.6) is 11.5 Å². The smallest absolute Gasteiger partial charge is 0.161 e. The standard InChI is InChI=1S/C14H19ClN2O2S/c1-8(2)11-7-20-14(17-11)16-10-6-12(18-3)9(15)5-13(10)19-4/h5-6,8,11H,7H2,1-4H3,(H,16,17). The summed E-state index contributed by atoms with van der Waals surface area (Å²) in [6, 6.07) is 3.93. The Kier molecular flexibility index (Phi) is 5.05. The summed E-state index contributed by atoms with van der Waals surface area (Å²) in [5.41, 5.74) is 0.810. The lowest BCUT2D eigenvalue weighted by Gasteiger charge is -2.13. The highest BCUT2D eigenvalue weighted by atomic mass is 35.5. The Morgan fingerprint density at radius 3 is 2.55 bits per heavy atom. The number of hydrogen-bond donors (Lipinski definition) is 1. The monoisotopic (exact) mass is 314 g/mol. The average molecular weight is 315 g/mol. The number of aliphatic imine (C=N–C) groups is 1. The van der Waals surface area contributed by atoms with Crippen LogP contribution in [0.25, 0.3) is 0 Å². The Balaban J connectivity index is 2.23. The summed E-state index contributed by atoms with van der Waals surface area (Å²) >= 11 is 7.81. The fourth-order valence-electron chi connectivity index (χ4n) is 1.87. The zero-order valence-electron chi connectivity index (χ0n) is 12.1. The molecule has 0 saturated carbocycles. The molecule has 1 aliphatic heterocycles. The first-order chi connectivity index (χ1) is 9.55. The van der Waals surface area contributed by atoms with Gasteiger partial charge in [0, 0.05) is 17.9 Å². The summed E-state index contributed by atoms with van der Waals surface area (Å²) in [6.07, 6.45) is 0. The van der Waals surface area contributed by atoms with E-state index in [0.717, 1.165) is 16.6 Å². The lowest BCUT2D eigenvalue weighted by atomic mass is 10.1. The number of methoxy groups -OCH3 is 2. The number of anilines is 1. The molecule has 1 N–H and O–H groups in total. The molecule has 6 heteroatoms. The number of nitrogens with zero attached hydrogens (tertiary/aromatic N) is 1. The van der Waals surface area contributed by atoms with Gasteiger partial charge in [-0.25, -0.2) is 0 Å². The van der Waals surface area contributed by atoms with Crippen LogP contribution in [0, 0.1) is 5.92 Å². The van der Waals surface area contributed by atoms with Gasteiger partial charge in [0.25, 0.3) is 0 Å². The van der Waals surface area contributed by atoms with E-state index in [0.29, 0.717) is 28.5 Å². The number of halogens is 1. The first-order valence-corrected chi connectivity index (χ1v) is 7.80. The van der Waals surface area contributed by atoms with E-state index in [4.69, 9.17) is 21.1 Å². The van der Waals surface area contributed by atoms with Gasteiger partial charge in [-0.1, -0.05) is 37.2 Å². The first-order valence-electron chi connectivity index (χ1n) is 6.44. The third kappa shape index (κ3) is 3.33. The number of hydrogen-bond acceptors (Lipinski definition) is 5. The second-order valence-corrected chi connectivity index (χ2v) is 6.28. The molecular weight excluding hydrogens is 296 g/mol. The Bertz CT molecular complexity index is 520. The van der Waals surface area contributed by atoms with Gasteiger partial charge in [-0.05, 0) is 5.92 Å². The summed E-state index contributed by atoms with van der Waals surface area (Å²) in [4.78, 5) is 4.68. The van der Waals surface area contributed by atoms with Crippen molar-refractivity contribution in [2.75, 3.05) is 25.3 Å². The lowest BCUT2D eigenvalue weighted by Crippen LogP contribution is -2.12. The van der Waals surface area contributed by atoms with E-state index in [1.54, 1.807) is 32.0 Å². The summed E-state index contributed by atoms with van der Waals surface area (Å²) < 4.78 is 10.6. The van der Waals surface area contributed by atoms with Crippen LogP contribution in [0.15, 0.2) is 17.1 Å². The fourth-order valence-corrected chi connectivity index (χ4v) is 3.28. The average Bonchev–Trinajstić information content (AvgIpc) is 2.89. The number of nitrogens with one attached hydrogen (secondary N) is 1. The Morgan fingerprint density at radius 1 is 1.30 bits per heavy atom. The SMILES string of the molecule is COc1cc(NC2=NC(C(C)C)CS2)c(OC)cc1Cl. The molecule has 0 saturated heterocycles. The van der Waals surface area contributed by atoms with Gasteiger partial charge >= 0.3 is 0 Å². The zero-order valence-corrected chi connectivity index (χ0v) is 13.6. The second-order valence-electron chi connectivity index (χ2n) is 4.87. The minimum Gasteiger partial charge on any atom is -0.495 e. The summed E-state index contributed by atoms with van der Waals surface area (Å²) in [5.74, 6) is 2.84. The highest BCUT2D eigenvalue weighted by molar-refractivity contribution is 8.14. The molecule has 1 aliphatic rings. The highest BCUT2D eigenvalue weighted by Crippen LogP contribution is 2.37. The molecule has 1 aromatic carbocycles. The van der Waals surface area contributed by atoms with Crippen molar-refractivity contribution >= 4 is 34.2 Å². The third-order valence-electron chi connectivity index (χ3n) is 3.16. The van der Waals surface area contributed by atoms with Gasteiger partial charge in [0.05, 0.1) is 31.0 Å². The molecule has 2 rings (SSSR count). The van der Waals surface area contributed by atoms with Crippen LogP contribution in [-0.4, -0.2) is 31.2 Å². The fraction of sp³-hybridized carbons (Fsp3) is 0.500. The van der Waals surface area contributed by atoms with Crippen molar-refractivity contribution in [1.82, 2.24) is 0 Å². The Morgan fingerprint density at radius 2 is 2.00 bits per heavy atom. The van der Waals surface area contributed by atoms with Gasteiger partial charge in [0.1, 0.15) is 11.5 Å². The number of amidine groups is 1. The van der Waals surface area contributed by atoms with Crippen LogP contribution in [0.2, 0.25) is 5.02 Å². The van der Waals surface area contributed by atoms with Gasteiger partial charge in [-0.15, -0.1) is 0 Å². The number of benzene rings is 1. The van der Waals surface area contributed by atoms with Crippen LogP contribution in [0.1, 0.15) is 13.8 Å². The van der Waals surface area contributed by atoms with Crippen molar-refractivity contribution in [3.8, 4) is 11.5 Å². The van der Waals surface area contributed by atoms with Gasteiger partial charge in [0.15, 0.2) is 5.17 Å². The number of ether oxygens (including phenoxy) is 2. The van der Waals surface area contributed by atoms with Crippen molar-refractivity contribution in [2.45, 2.75) is 19.9 Å².